The number of hydrogen-bond acceptors (Lipinski definition) is 3. The fourth-order valence-corrected chi connectivity index (χ4v) is 1.90. The van der Waals surface area contributed by atoms with Gasteiger partial charge in [-0.3, -0.25) is 0 Å². The van der Waals surface area contributed by atoms with E-state index in [0.29, 0.717) is 18.0 Å². The van der Waals surface area contributed by atoms with Gasteiger partial charge in [-0.2, -0.15) is 5.10 Å². The van der Waals surface area contributed by atoms with E-state index >= 15 is 0 Å². The van der Waals surface area contributed by atoms with Gasteiger partial charge in [0.25, 0.3) is 0 Å². The summed E-state index contributed by atoms with van der Waals surface area (Å²) in [7, 11) is 0. The smallest absolute Gasteiger partial charge is 0.339 e. The SMILES string of the molecule is CCCOc1cnn(-c2cccc(Cl)c2C(=O)O)c1. The van der Waals surface area contributed by atoms with Gasteiger partial charge >= 0.3 is 5.97 Å². The molecule has 0 fully saturated rings. The molecule has 6 heteroatoms. The zero-order valence-corrected chi connectivity index (χ0v) is 11.1. The molecule has 0 saturated carbocycles. The third kappa shape index (κ3) is 2.88. The topological polar surface area (TPSA) is 64.4 Å². The summed E-state index contributed by atoms with van der Waals surface area (Å²) in [6.45, 7) is 2.59. The molecular formula is C13H13ClN2O3. The Balaban J connectivity index is 2.39. The molecule has 5 nitrogen and oxygen atoms in total. The minimum atomic E-state index is -1.09. The van der Waals surface area contributed by atoms with Gasteiger partial charge in [0.2, 0.25) is 0 Å². The molecule has 2 rings (SSSR count). The van der Waals surface area contributed by atoms with Crippen molar-refractivity contribution in [3.8, 4) is 11.4 Å². The molecule has 0 saturated heterocycles. The molecule has 0 aliphatic heterocycles. The van der Waals surface area contributed by atoms with Crippen LogP contribution in [-0.4, -0.2) is 27.5 Å². The van der Waals surface area contributed by atoms with Crippen molar-refractivity contribution in [1.82, 2.24) is 9.78 Å². The van der Waals surface area contributed by atoms with E-state index in [0.717, 1.165) is 6.42 Å². The second-order valence-electron chi connectivity index (χ2n) is 3.91. The molecule has 0 unspecified atom stereocenters. The predicted molar refractivity (Wildman–Crippen MR) is 71.3 cm³/mol. The lowest BCUT2D eigenvalue weighted by Gasteiger charge is -2.07. The first-order valence-electron chi connectivity index (χ1n) is 5.83. The van der Waals surface area contributed by atoms with Gasteiger partial charge in [0.05, 0.1) is 29.7 Å². The molecule has 0 bridgehead atoms. The largest absolute Gasteiger partial charge is 0.490 e. The van der Waals surface area contributed by atoms with Crippen molar-refractivity contribution in [2.24, 2.45) is 0 Å². The number of ether oxygens (including phenoxy) is 1. The van der Waals surface area contributed by atoms with Gasteiger partial charge in [0, 0.05) is 0 Å². The zero-order valence-electron chi connectivity index (χ0n) is 10.3. The van der Waals surface area contributed by atoms with E-state index in [2.05, 4.69) is 5.10 Å². The van der Waals surface area contributed by atoms with E-state index in [1.807, 2.05) is 6.92 Å². The van der Waals surface area contributed by atoms with Crippen molar-refractivity contribution >= 4 is 17.6 Å². The summed E-state index contributed by atoms with van der Waals surface area (Å²) in [6.07, 6.45) is 4.07. The van der Waals surface area contributed by atoms with Gasteiger partial charge in [-0.1, -0.05) is 24.6 Å². The average molecular weight is 281 g/mol. The first kappa shape index (κ1) is 13.4. The zero-order chi connectivity index (χ0) is 13.8. The summed E-state index contributed by atoms with van der Waals surface area (Å²) in [5.74, 6) is -0.495. The summed E-state index contributed by atoms with van der Waals surface area (Å²) < 4.78 is 6.87. The Morgan fingerprint density at radius 1 is 1.53 bits per heavy atom. The number of nitrogens with zero attached hydrogens (tertiary/aromatic N) is 2. The van der Waals surface area contributed by atoms with Crippen molar-refractivity contribution in [2.75, 3.05) is 6.61 Å². The highest BCUT2D eigenvalue weighted by Crippen LogP contribution is 2.24. The van der Waals surface area contributed by atoms with Crippen LogP contribution in [0.15, 0.2) is 30.6 Å². The Bertz CT molecular complexity index is 595. The molecule has 2 aromatic rings. The van der Waals surface area contributed by atoms with Crippen LogP contribution >= 0.6 is 11.6 Å². The molecule has 0 aliphatic carbocycles. The number of aromatic nitrogens is 2. The Hall–Kier alpha value is -2.01. The number of carbonyl (C=O) groups is 1. The van der Waals surface area contributed by atoms with E-state index < -0.39 is 5.97 Å². The lowest BCUT2D eigenvalue weighted by atomic mass is 10.2. The van der Waals surface area contributed by atoms with E-state index in [-0.39, 0.29) is 10.6 Å². The van der Waals surface area contributed by atoms with Crippen LogP contribution in [0, 0.1) is 0 Å². The normalized spacial score (nSPS) is 10.4. The first-order valence-corrected chi connectivity index (χ1v) is 6.21. The summed E-state index contributed by atoms with van der Waals surface area (Å²) in [6, 6.07) is 4.86. The minimum Gasteiger partial charge on any atom is -0.490 e. The van der Waals surface area contributed by atoms with Gasteiger partial charge in [0.15, 0.2) is 5.75 Å². The van der Waals surface area contributed by atoms with E-state index in [1.165, 1.54) is 10.7 Å². The lowest BCUT2D eigenvalue weighted by Crippen LogP contribution is -2.06. The molecule has 0 amide bonds. The molecule has 0 spiro atoms. The molecule has 1 aromatic carbocycles. The van der Waals surface area contributed by atoms with Crippen molar-refractivity contribution in [2.45, 2.75) is 13.3 Å². The monoisotopic (exact) mass is 280 g/mol. The number of halogens is 1. The predicted octanol–water partition coefficient (Wildman–Crippen LogP) is 3.01. The maximum absolute atomic E-state index is 11.2. The number of carboxylic acids is 1. The Labute approximate surface area is 115 Å². The molecule has 0 atom stereocenters. The standard InChI is InChI=1S/C13H13ClN2O3/c1-2-6-19-9-7-15-16(8-9)11-5-3-4-10(14)12(11)13(17)18/h3-5,7-8H,2,6H2,1H3,(H,17,18). The van der Waals surface area contributed by atoms with E-state index in [1.54, 1.807) is 24.5 Å². The molecule has 19 heavy (non-hydrogen) atoms. The van der Waals surface area contributed by atoms with Crippen molar-refractivity contribution in [3.05, 3.63) is 41.2 Å². The lowest BCUT2D eigenvalue weighted by molar-refractivity contribution is 0.0697. The van der Waals surface area contributed by atoms with Crippen LogP contribution < -0.4 is 4.74 Å². The second kappa shape index (κ2) is 5.75. The third-order valence-electron chi connectivity index (χ3n) is 2.48. The summed E-state index contributed by atoms with van der Waals surface area (Å²) in [5, 5.41) is 13.5. The maximum Gasteiger partial charge on any atom is 0.339 e. The van der Waals surface area contributed by atoms with E-state index in [4.69, 9.17) is 16.3 Å². The Kier molecular flexibility index (Phi) is 4.06. The fraction of sp³-hybridized carbons (Fsp3) is 0.231. The van der Waals surface area contributed by atoms with Crippen LogP contribution in [0.4, 0.5) is 0 Å². The van der Waals surface area contributed by atoms with Gasteiger partial charge < -0.3 is 9.84 Å². The Morgan fingerprint density at radius 3 is 3.00 bits per heavy atom. The van der Waals surface area contributed by atoms with Crippen LogP contribution in [0.5, 0.6) is 5.75 Å². The second-order valence-corrected chi connectivity index (χ2v) is 4.32. The maximum atomic E-state index is 11.2. The highest BCUT2D eigenvalue weighted by molar-refractivity contribution is 6.34. The quantitative estimate of drug-likeness (QED) is 0.914. The minimum absolute atomic E-state index is 0.0225. The molecule has 0 aliphatic rings. The third-order valence-corrected chi connectivity index (χ3v) is 2.80. The molecule has 100 valence electrons. The highest BCUT2D eigenvalue weighted by atomic mass is 35.5. The van der Waals surface area contributed by atoms with Crippen molar-refractivity contribution in [1.29, 1.82) is 0 Å². The molecule has 1 heterocycles. The van der Waals surface area contributed by atoms with Gasteiger partial charge in [-0.25, -0.2) is 9.48 Å². The molecule has 1 aromatic heterocycles. The highest BCUT2D eigenvalue weighted by Gasteiger charge is 2.16. The van der Waals surface area contributed by atoms with E-state index in [9.17, 15) is 9.90 Å². The van der Waals surface area contributed by atoms with Crippen molar-refractivity contribution < 1.29 is 14.6 Å². The van der Waals surface area contributed by atoms with Crippen molar-refractivity contribution in [3.63, 3.8) is 0 Å². The van der Waals surface area contributed by atoms with Crippen LogP contribution in [0.25, 0.3) is 5.69 Å². The average Bonchev–Trinajstić information content (AvgIpc) is 2.84. The van der Waals surface area contributed by atoms with Gasteiger partial charge in [0.1, 0.15) is 5.56 Å². The number of aromatic carboxylic acids is 1. The van der Waals surface area contributed by atoms with Crippen LogP contribution in [0.2, 0.25) is 5.02 Å². The summed E-state index contributed by atoms with van der Waals surface area (Å²) in [5.41, 5.74) is 0.431. The van der Waals surface area contributed by atoms with Crippen LogP contribution in [0.1, 0.15) is 23.7 Å². The fourth-order valence-electron chi connectivity index (χ4n) is 1.65. The molecule has 0 radical (unpaired) electrons. The molecule has 1 N–H and O–H groups in total. The first-order chi connectivity index (χ1) is 9.13. The number of carboxylic acid groups (broad SMARTS) is 1. The van der Waals surface area contributed by atoms with Crippen LogP contribution in [-0.2, 0) is 0 Å². The summed E-state index contributed by atoms with van der Waals surface area (Å²) in [4.78, 5) is 11.2. The van der Waals surface area contributed by atoms with Gasteiger partial charge in [-0.15, -0.1) is 0 Å². The van der Waals surface area contributed by atoms with Crippen LogP contribution in [0.3, 0.4) is 0 Å². The number of rotatable bonds is 5. The summed E-state index contributed by atoms with van der Waals surface area (Å²) >= 11 is 5.91. The van der Waals surface area contributed by atoms with Gasteiger partial charge in [-0.05, 0) is 18.6 Å². The Morgan fingerprint density at radius 2 is 2.32 bits per heavy atom. The molecular weight excluding hydrogens is 268 g/mol. The number of hydrogen-bond donors (Lipinski definition) is 1. The number of benzene rings is 1.